The summed E-state index contributed by atoms with van der Waals surface area (Å²) in [6.07, 6.45) is 3.69. The predicted molar refractivity (Wildman–Crippen MR) is 118 cm³/mol. The number of imidazole rings is 1. The molecule has 0 aliphatic carbocycles. The molecule has 1 unspecified atom stereocenters. The van der Waals surface area contributed by atoms with E-state index in [1.807, 2.05) is 24.3 Å². The Labute approximate surface area is 183 Å². The number of benzene rings is 2. The average molecular weight is 436 g/mol. The molecule has 0 saturated carbocycles. The molecule has 2 aromatic carbocycles. The normalized spacial score (nSPS) is 16.1. The van der Waals surface area contributed by atoms with Crippen LogP contribution in [0.1, 0.15) is 34.8 Å². The molecule has 1 aliphatic heterocycles. The van der Waals surface area contributed by atoms with Crippen LogP contribution in [0.2, 0.25) is 5.02 Å². The Balaban J connectivity index is 1.40. The molecule has 0 spiro atoms. The maximum Gasteiger partial charge on any atom is 0.258 e. The third kappa shape index (κ3) is 3.84. The zero-order valence-electron chi connectivity index (χ0n) is 16.5. The van der Waals surface area contributed by atoms with Gasteiger partial charge in [0.25, 0.3) is 5.91 Å². The van der Waals surface area contributed by atoms with Gasteiger partial charge in [0.05, 0.1) is 22.8 Å². The summed E-state index contributed by atoms with van der Waals surface area (Å²) in [6.45, 7) is 0.866. The summed E-state index contributed by atoms with van der Waals surface area (Å²) in [7, 11) is 0. The van der Waals surface area contributed by atoms with Gasteiger partial charge in [-0.15, -0.1) is 5.10 Å². The predicted octanol–water partition coefficient (Wildman–Crippen LogP) is 5.12. The van der Waals surface area contributed by atoms with Crippen LogP contribution < -0.4 is 10.2 Å². The topological polar surface area (TPSA) is 62.5 Å². The Hall–Kier alpha value is -3.45. The molecule has 1 atom stereocenters. The molecular weight excluding hydrogens is 417 g/mol. The molecule has 5 rings (SSSR count). The lowest BCUT2D eigenvalue weighted by molar-refractivity contribution is 0.102. The van der Waals surface area contributed by atoms with Crippen LogP contribution >= 0.6 is 11.6 Å². The van der Waals surface area contributed by atoms with Gasteiger partial charge in [0.1, 0.15) is 11.6 Å². The van der Waals surface area contributed by atoms with Crippen molar-refractivity contribution in [3.8, 4) is 0 Å². The third-order valence-electron chi connectivity index (χ3n) is 5.47. The minimum atomic E-state index is -0.329. The maximum absolute atomic E-state index is 13.3. The number of hydrogen-bond acceptors (Lipinski definition) is 4. The number of anilines is 2. The monoisotopic (exact) mass is 435 g/mol. The lowest BCUT2D eigenvalue weighted by Gasteiger charge is -2.26. The minimum Gasteiger partial charge on any atom is -0.348 e. The molecule has 6 nitrogen and oxygen atoms in total. The van der Waals surface area contributed by atoms with Crippen molar-refractivity contribution < 1.29 is 9.18 Å². The summed E-state index contributed by atoms with van der Waals surface area (Å²) in [5, 5.41) is 7.85. The molecule has 3 heterocycles. The first kappa shape index (κ1) is 19.5. The van der Waals surface area contributed by atoms with E-state index in [-0.39, 0.29) is 17.8 Å². The number of aromatic nitrogens is 3. The fourth-order valence-corrected chi connectivity index (χ4v) is 4.21. The molecule has 2 aromatic heterocycles. The Kier molecular flexibility index (Phi) is 5.03. The van der Waals surface area contributed by atoms with Gasteiger partial charge >= 0.3 is 0 Å². The lowest BCUT2D eigenvalue weighted by Crippen LogP contribution is -2.24. The number of fused-ring (bicyclic) bond motifs is 1. The van der Waals surface area contributed by atoms with Gasteiger partial charge < -0.3 is 10.2 Å². The second-order valence-electron chi connectivity index (χ2n) is 7.46. The summed E-state index contributed by atoms with van der Waals surface area (Å²) in [5.74, 6) is 0.634. The van der Waals surface area contributed by atoms with Crippen LogP contribution in [0.4, 0.5) is 16.0 Å². The molecule has 31 heavy (non-hydrogen) atoms. The zero-order chi connectivity index (χ0) is 21.4. The van der Waals surface area contributed by atoms with Gasteiger partial charge in [-0.05, 0) is 54.8 Å². The molecule has 0 bridgehead atoms. The van der Waals surface area contributed by atoms with Crippen LogP contribution in [-0.4, -0.2) is 27.0 Å². The summed E-state index contributed by atoms with van der Waals surface area (Å²) >= 11 is 6.11. The minimum absolute atomic E-state index is 0.147. The van der Waals surface area contributed by atoms with Crippen molar-refractivity contribution in [3.63, 3.8) is 0 Å². The van der Waals surface area contributed by atoms with Gasteiger partial charge in [-0.25, -0.2) is 13.9 Å². The highest BCUT2D eigenvalue weighted by atomic mass is 35.5. The van der Waals surface area contributed by atoms with Crippen molar-refractivity contribution in [2.24, 2.45) is 0 Å². The Morgan fingerprint density at radius 1 is 1.10 bits per heavy atom. The van der Waals surface area contributed by atoms with Gasteiger partial charge in [-0.3, -0.25) is 4.79 Å². The third-order valence-corrected chi connectivity index (χ3v) is 5.80. The van der Waals surface area contributed by atoms with E-state index in [1.165, 1.54) is 12.1 Å². The van der Waals surface area contributed by atoms with Crippen molar-refractivity contribution >= 4 is 34.8 Å². The number of carbonyl (C=O) groups is 1. The van der Waals surface area contributed by atoms with Gasteiger partial charge in [0.2, 0.25) is 0 Å². The van der Waals surface area contributed by atoms with E-state index in [9.17, 15) is 9.18 Å². The fourth-order valence-electron chi connectivity index (χ4n) is 3.99. The summed E-state index contributed by atoms with van der Waals surface area (Å²) < 4.78 is 15.0. The molecule has 8 heteroatoms. The summed E-state index contributed by atoms with van der Waals surface area (Å²) in [5.41, 5.74) is 2.07. The largest absolute Gasteiger partial charge is 0.348 e. The van der Waals surface area contributed by atoms with Crippen LogP contribution in [0.15, 0.2) is 66.9 Å². The van der Waals surface area contributed by atoms with Gasteiger partial charge in [-0.2, -0.15) is 0 Å². The smallest absolute Gasteiger partial charge is 0.258 e. The van der Waals surface area contributed by atoms with Gasteiger partial charge in [0, 0.05) is 6.54 Å². The van der Waals surface area contributed by atoms with Crippen LogP contribution in [0, 0.1) is 5.82 Å². The number of rotatable bonds is 4. The number of nitrogens with one attached hydrogen (secondary N) is 1. The maximum atomic E-state index is 13.3. The Morgan fingerprint density at radius 3 is 2.71 bits per heavy atom. The van der Waals surface area contributed by atoms with Crippen molar-refractivity contribution in [3.05, 3.63) is 88.8 Å². The summed E-state index contributed by atoms with van der Waals surface area (Å²) in [6, 6.07) is 17.4. The van der Waals surface area contributed by atoms with E-state index in [0.29, 0.717) is 22.1 Å². The van der Waals surface area contributed by atoms with Gasteiger partial charge in [0.15, 0.2) is 11.5 Å². The number of nitrogens with zero attached hydrogens (tertiary/aromatic N) is 4. The second kappa shape index (κ2) is 8.00. The average Bonchev–Trinajstić information content (AvgIpc) is 3.40. The van der Waals surface area contributed by atoms with Crippen LogP contribution in [0.5, 0.6) is 0 Å². The van der Waals surface area contributed by atoms with E-state index in [4.69, 9.17) is 16.7 Å². The number of halogens is 2. The molecule has 1 fully saturated rings. The first-order valence-electron chi connectivity index (χ1n) is 10.0. The first-order chi connectivity index (χ1) is 15.1. The fraction of sp³-hybridized carbons (Fsp3) is 0.174. The lowest BCUT2D eigenvalue weighted by atomic mass is 10.0. The van der Waals surface area contributed by atoms with Crippen molar-refractivity contribution in [1.29, 1.82) is 0 Å². The second-order valence-corrected chi connectivity index (χ2v) is 7.86. The molecule has 1 N–H and O–H groups in total. The SMILES string of the molecule is O=C(Nc1cn2nc(N3CCCC3c3ccc(F)cc3)ccc2n1)c1ccccc1Cl. The van der Waals surface area contributed by atoms with Crippen LogP contribution in [-0.2, 0) is 0 Å². The first-order valence-corrected chi connectivity index (χ1v) is 10.4. The number of hydrogen-bond donors (Lipinski definition) is 1. The van der Waals surface area contributed by atoms with Crippen molar-refractivity contribution in [2.75, 3.05) is 16.8 Å². The quantitative estimate of drug-likeness (QED) is 0.483. The van der Waals surface area contributed by atoms with Crippen molar-refractivity contribution in [1.82, 2.24) is 14.6 Å². The van der Waals surface area contributed by atoms with E-state index < -0.39 is 0 Å². The molecule has 156 valence electrons. The Morgan fingerprint density at radius 2 is 1.90 bits per heavy atom. The van der Waals surface area contributed by atoms with Crippen LogP contribution in [0.25, 0.3) is 5.65 Å². The molecule has 1 amide bonds. The van der Waals surface area contributed by atoms with E-state index >= 15 is 0 Å². The number of carbonyl (C=O) groups excluding carboxylic acids is 1. The van der Waals surface area contributed by atoms with Gasteiger partial charge in [-0.1, -0.05) is 35.9 Å². The summed E-state index contributed by atoms with van der Waals surface area (Å²) in [4.78, 5) is 19.2. The van der Waals surface area contributed by atoms with Crippen LogP contribution in [0.3, 0.4) is 0 Å². The van der Waals surface area contributed by atoms with E-state index in [2.05, 4.69) is 15.2 Å². The highest BCUT2D eigenvalue weighted by molar-refractivity contribution is 6.34. The molecule has 4 aromatic rings. The Bertz CT molecular complexity index is 1260. The molecular formula is C23H19ClFN5O. The highest BCUT2D eigenvalue weighted by Crippen LogP contribution is 2.35. The number of amides is 1. The highest BCUT2D eigenvalue weighted by Gasteiger charge is 2.27. The van der Waals surface area contributed by atoms with Crippen molar-refractivity contribution in [2.45, 2.75) is 18.9 Å². The molecule has 1 saturated heterocycles. The van der Waals surface area contributed by atoms with E-state index in [0.717, 1.165) is 30.8 Å². The molecule has 0 radical (unpaired) electrons. The van der Waals surface area contributed by atoms with E-state index in [1.54, 1.807) is 35.0 Å². The molecule has 1 aliphatic rings. The zero-order valence-corrected chi connectivity index (χ0v) is 17.3. The standard InChI is InChI=1S/C23H19ClFN5O/c24-18-5-2-1-4-17(18)23(31)27-20-14-30-21(26-20)11-12-22(28-30)29-13-3-6-19(29)15-7-9-16(25)10-8-15/h1-2,4-5,7-12,14,19H,3,6,13H2,(H,27,31).